The fraction of sp³-hybridized carbons (Fsp3) is 0.500. The SMILES string of the molecule is CCc1ccc(COC(=O)N[C@H](C(=O)N[C@@H](CC(=O)O)C(=O)CF)C(C)C)cc1. The van der Waals surface area contributed by atoms with Gasteiger partial charge in [0.2, 0.25) is 5.91 Å². The molecule has 0 aliphatic carbocycles. The van der Waals surface area contributed by atoms with Crippen molar-refractivity contribution in [2.45, 2.75) is 52.3 Å². The van der Waals surface area contributed by atoms with Crippen molar-refractivity contribution in [2.75, 3.05) is 6.67 Å². The first kappa shape index (κ1) is 24.1. The van der Waals surface area contributed by atoms with E-state index in [9.17, 15) is 23.6 Å². The van der Waals surface area contributed by atoms with Gasteiger partial charge in [0.1, 0.15) is 25.4 Å². The van der Waals surface area contributed by atoms with Crippen molar-refractivity contribution in [2.24, 2.45) is 5.92 Å². The fourth-order valence-electron chi connectivity index (χ4n) is 2.50. The number of alkyl carbamates (subject to hydrolysis) is 1. The van der Waals surface area contributed by atoms with Crippen LogP contribution in [0.25, 0.3) is 0 Å². The first-order valence-corrected chi connectivity index (χ1v) is 9.29. The molecule has 0 spiro atoms. The van der Waals surface area contributed by atoms with E-state index in [4.69, 9.17) is 9.84 Å². The minimum absolute atomic E-state index is 0.00420. The maximum atomic E-state index is 12.6. The number of alkyl halides is 1. The number of carboxylic acid groups (broad SMARTS) is 1. The Morgan fingerprint density at radius 1 is 1.07 bits per heavy atom. The quantitative estimate of drug-likeness (QED) is 0.513. The number of halogens is 1. The predicted molar refractivity (Wildman–Crippen MR) is 103 cm³/mol. The fourth-order valence-corrected chi connectivity index (χ4v) is 2.50. The molecule has 0 aliphatic rings. The maximum Gasteiger partial charge on any atom is 0.408 e. The average Bonchev–Trinajstić information content (AvgIpc) is 2.68. The lowest BCUT2D eigenvalue weighted by Gasteiger charge is -2.24. The zero-order valence-electron chi connectivity index (χ0n) is 16.7. The van der Waals surface area contributed by atoms with E-state index in [1.165, 1.54) is 0 Å². The number of carbonyl (C=O) groups is 4. The van der Waals surface area contributed by atoms with E-state index in [0.717, 1.165) is 17.5 Å². The molecule has 0 aliphatic heterocycles. The second-order valence-electron chi connectivity index (χ2n) is 6.87. The molecule has 9 heteroatoms. The van der Waals surface area contributed by atoms with Gasteiger partial charge < -0.3 is 20.5 Å². The van der Waals surface area contributed by atoms with Gasteiger partial charge in [0.25, 0.3) is 0 Å². The zero-order chi connectivity index (χ0) is 22.0. The van der Waals surface area contributed by atoms with Gasteiger partial charge in [0, 0.05) is 0 Å². The van der Waals surface area contributed by atoms with Gasteiger partial charge in [0.15, 0.2) is 5.78 Å². The van der Waals surface area contributed by atoms with Crippen LogP contribution < -0.4 is 10.6 Å². The lowest BCUT2D eigenvalue weighted by molar-refractivity contribution is -0.140. The van der Waals surface area contributed by atoms with Gasteiger partial charge in [-0.3, -0.25) is 14.4 Å². The first-order valence-electron chi connectivity index (χ1n) is 9.29. The van der Waals surface area contributed by atoms with Crippen molar-refractivity contribution in [3.8, 4) is 0 Å². The predicted octanol–water partition coefficient (Wildman–Crippen LogP) is 2.00. The van der Waals surface area contributed by atoms with Gasteiger partial charge in [-0.15, -0.1) is 0 Å². The van der Waals surface area contributed by atoms with Crippen LogP contribution in [0.2, 0.25) is 0 Å². The molecule has 1 rings (SSSR count). The maximum absolute atomic E-state index is 12.6. The highest BCUT2D eigenvalue weighted by Gasteiger charge is 2.30. The number of amides is 2. The standard InChI is InChI=1S/C20H27FN2O6/c1-4-13-5-7-14(8-6-13)11-29-20(28)23-18(12(2)3)19(27)22-15(9-17(25)26)16(24)10-21/h5-8,12,15,18H,4,9-11H2,1-3H3,(H,22,27)(H,23,28)(H,25,26)/t15-,18-/m0/s1. The van der Waals surface area contributed by atoms with Crippen LogP contribution in [0.15, 0.2) is 24.3 Å². The van der Waals surface area contributed by atoms with Gasteiger partial charge in [-0.05, 0) is 23.5 Å². The molecule has 3 N–H and O–H groups in total. The molecule has 0 unspecified atom stereocenters. The van der Waals surface area contributed by atoms with E-state index in [0.29, 0.717) is 0 Å². The summed E-state index contributed by atoms with van der Waals surface area (Å²) < 4.78 is 17.8. The molecule has 160 valence electrons. The number of hydrogen-bond acceptors (Lipinski definition) is 5. The highest BCUT2D eigenvalue weighted by atomic mass is 19.1. The number of aliphatic carboxylic acids is 1. The largest absolute Gasteiger partial charge is 0.481 e. The first-order chi connectivity index (χ1) is 13.7. The number of ketones is 1. The van der Waals surface area contributed by atoms with Crippen molar-refractivity contribution in [3.63, 3.8) is 0 Å². The molecular weight excluding hydrogens is 383 g/mol. The van der Waals surface area contributed by atoms with Crippen LogP contribution in [-0.2, 0) is 32.1 Å². The summed E-state index contributed by atoms with van der Waals surface area (Å²) in [6.07, 6.45) is -0.706. The van der Waals surface area contributed by atoms with Crippen LogP contribution >= 0.6 is 0 Å². The van der Waals surface area contributed by atoms with Crippen molar-refractivity contribution >= 4 is 23.8 Å². The van der Waals surface area contributed by atoms with E-state index < -0.39 is 54.8 Å². The molecule has 0 saturated heterocycles. The summed E-state index contributed by atoms with van der Waals surface area (Å²) in [5.74, 6) is -3.60. The second kappa shape index (κ2) is 11.8. The summed E-state index contributed by atoms with van der Waals surface area (Å²) in [5, 5.41) is 13.4. The minimum Gasteiger partial charge on any atom is -0.481 e. The van der Waals surface area contributed by atoms with E-state index in [1.807, 2.05) is 31.2 Å². The summed E-state index contributed by atoms with van der Waals surface area (Å²) in [5.41, 5.74) is 1.92. The van der Waals surface area contributed by atoms with Gasteiger partial charge in [-0.1, -0.05) is 45.0 Å². The Morgan fingerprint density at radius 2 is 1.66 bits per heavy atom. The number of carbonyl (C=O) groups excluding carboxylic acids is 3. The van der Waals surface area contributed by atoms with Crippen LogP contribution in [0.4, 0.5) is 9.18 Å². The average molecular weight is 410 g/mol. The van der Waals surface area contributed by atoms with Gasteiger partial charge >= 0.3 is 12.1 Å². The number of Topliss-reactive ketones (excluding diaryl/α,β-unsaturated/α-hetero) is 1. The summed E-state index contributed by atoms with van der Waals surface area (Å²) in [7, 11) is 0. The molecule has 0 heterocycles. The second-order valence-corrected chi connectivity index (χ2v) is 6.87. The molecular formula is C20H27FN2O6. The van der Waals surface area contributed by atoms with Crippen molar-refractivity contribution in [1.82, 2.24) is 10.6 Å². The molecule has 1 aromatic rings. The van der Waals surface area contributed by atoms with Gasteiger partial charge in [-0.2, -0.15) is 0 Å². The molecule has 0 radical (unpaired) electrons. The molecule has 0 bridgehead atoms. The number of nitrogens with one attached hydrogen (secondary N) is 2. The Bertz CT molecular complexity index is 720. The van der Waals surface area contributed by atoms with Crippen LogP contribution in [-0.4, -0.2) is 47.6 Å². The number of carboxylic acids is 1. The van der Waals surface area contributed by atoms with E-state index >= 15 is 0 Å². The minimum atomic E-state index is -1.51. The zero-order valence-corrected chi connectivity index (χ0v) is 16.7. The Hall–Kier alpha value is -2.97. The summed E-state index contributed by atoms with van der Waals surface area (Å²) in [4.78, 5) is 46.9. The third-order valence-corrected chi connectivity index (χ3v) is 4.24. The monoisotopic (exact) mass is 410 g/mol. The third-order valence-electron chi connectivity index (χ3n) is 4.24. The summed E-state index contributed by atoms with van der Waals surface area (Å²) >= 11 is 0. The van der Waals surface area contributed by atoms with Crippen molar-refractivity contribution in [1.29, 1.82) is 0 Å². The number of ether oxygens (including phenoxy) is 1. The molecule has 0 fully saturated rings. The number of hydrogen-bond donors (Lipinski definition) is 3. The van der Waals surface area contributed by atoms with Crippen molar-refractivity contribution in [3.05, 3.63) is 35.4 Å². The molecule has 1 aromatic carbocycles. The Kier molecular flexibility index (Phi) is 9.78. The molecule has 8 nitrogen and oxygen atoms in total. The van der Waals surface area contributed by atoms with Crippen LogP contribution in [0.3, 0.4) is 0 Å². The number of aryl methyl sites for hydroxylation is 1. The molecule has 29 heavy (non-hydrogen) atoms. The number of rotatable bonds is 11. The van der Waals surface area contributed by atoms with Gasteiger partial charge in [-0.25, -0.2) is 9.18 Å². The topological polar surface area (TPSA) is 122 Å². The smallest absolute Gasteiger partial charge is 0.408 e. The number of benzene rings is 1. The molecule has 0 aromatic heterocycles. The van der Waals surface area contributed by atoms with Crippen LogP contribution in [0, 0.1) is 5.92 Å². The van der Waals surface area contributed by atoms with Gasteiger partial charge in [0.05, 0.1) is 6.42 Å². The highest BCUT2D eigenvalue weighted by Crippen LogP contribution is 2.08. The summed E-state index contributed by atoms with van der Waals surface area (Å²) in [6, 6.07) is 4.90. The van der Waals surface area contributed by atoms with Crippen LogP contribution in [0.5, 0.6) is 0 Å². The molecule has 2 atom stereocenters. The van der Waals surface area contributed by atoms with Crippen molar-refractivity contribution < 1.29 is 33.4 Å². The Labute approximate surface area is 168 Å². The molecule has 0 saturated carbocycles. The van der Waals surface area contributed by atoms with E-state index in [1.54, 1.807) is 13.8 Å². The van der Waals surface area contributed by atoms with E-state index in [-0.39, 0.29) is 6.61 Å². The third kappa shape index (κ3) is 8.28. The normalized spacial score (nSPS) is 12.7. The highest BCUT2D eigenvalue weighted by molar-refractivity contribution is 5.94. The van der Waals surface area contributed by atoms with Crippen LogP contribution in [0.1, 0.15) is 38.3 Å². The molecule has 2 amide bonds. The lowest BCUT2D eigenvalue weighted by atomic mass is 10.0. The Morgan fingerprint density at radius 3 is 2.14 bits per heavy atom. The Balaban J connectivity index is 2.69. The summed E-state index contributed by atoms with van der Waals surface area (Å²) in [6.45, 7) is 3.92. The van der Waals surface area contributed by atoms with E-state index in [2.05, 4.69) is 10.6 Å². The lowest BCUT2D eigenvalue weighted by Crippen LogP contribution is -2.54.